The Labute approximate surface area is 163 Å². The molecule has 4 rings (SSSR count). The lowest BCUT2D eigenvalue weighted by Crippen LogP contribution is -2.41. The average molecular weight is 384 g/mol. The third-order valence-corrected chi connectivity index (χ3v) is 5.32. The molecule has 1 amide bonds. The van der Waals surface area contributed by atoms with Crippen molar-refractivity contribution in [3.05, 3.63) is 59.1 Å². The molecule has 1 aromatic heterocycles. The van der Waals surface area contributed by atoms with Crippen molar-refractivity contribution in [2.45, 2.75) is 19.4 Å². The van der Waals surface area contributed by atoms with E-state index in [1.54, 1.807) is 4.90 Å². The van der Waals surface area contributed by atoms with Gasteiger partial charge in [0.1, 0.15) is 5.52 Å². The van der Waals surface area contributed by atoms with Crippen LogP contribution >= 0.6 is 11.6 Å². The number of para-hydroxylation sites is 2. The van der Waals surface area contributed by atoms with Crippen LogP contribution in [0.15, 0.2) is 52.9 Å². The normalized spacial score (nSPS) is 15.3. The molecular formula is C21H22ClN3O2. The minimum absolute atomic E-state index is 0.0369. The van der Waals surface area contributed by atoms with Crippen molar-refractivity contribution in [2.75, 3.05) is 25.0 Å². The molecule has 0 bridgehead atoms. The number of amides is 1. The van der Waals surface area contributed by atoms with E-state index in [9.17, 15) is 4.79 Å². The smallest absolute Gasteiger partial charge is 0.298 e. The number of carbonyl (C=O) groups is 1. The van der Waals surface area contributed by atoms with E-state index in [0.29, 0.717) is 17.6 Å². The molecular weight excluding hydrogens is 362 g/mol. The quantitative estimate of drug-likeness (QED) is 0.671. The Balaban J connectivity index is 1.36. The molecule has 2 aromatic carbocycles. The summed E-state index contributed by atoms with van der Waals surface area (Å²) in [4.78, 5) is 21.3. The minimum Gasteiger partial charge on any atom is -0.423 e. The number of carbonyl (C=O) groups excluding carboxylic acids is 1. The maximum Gasteiger partial charge on any atom is 0.298 e. The molecule has 0 N–H and O–H groups in total. The van der Waals surface area contributed by atoms with Crippen molar-refractivity contribution in [1.82, 2.24) is 9.88 Å². The van der Waals surface area contributed by atoms with Crippen LogP contribution in [-0.2, 0) is 11.3 Å². The highest BCUT2D eigenvalue weighted by Crippen LogP contribution is 2.27. The molecule has 1 saturated heterocycles. The van der Waals surface area contributed by atoms with Crippen molar-refractivity contribution < 1.29 is 9.21 Å². The Morgan fingerprint density at radius 2 is 2.00 bits per heavy atom. The molecule has 1 aliphatic heterocycles. The molecule has 0 radical (unpaired) electrons. The number of piperidine rings is 1. The predicted molar refractivity (Wildman–Crippen MR) is 107 cm³/mol. The Hall–Kier alpha value is -2.53. The van der Waals surface area contributed by atoms with Crippen LogP contribution in [0, 0.1) is 5.92 Å². The molecule has 140 valence electrons. The van der Waals surface area contributed by atoms with Crippen molar-refractivity contribution in [2.24, 2.45) is 5.92 Å². The number of halogens is 1. The molecule has 27 heavy (non-hydrogen) atoms. The molecule has 0 saturated carbocycles. The Morgan fingerprint density at radius 3 is 2.74 bits per heavy atom. The number of oxazole rings is 1. The van der Waals surface area contributed by atoms with Gasteiger partial charge in [0, 0.05) is 37.6 Å². The second-order valence-electron chi connectivity index (χ2n) is 7.05. The number of nitrogens with zero attached hydrogens (tertiary/aromatic N) is 3. The van der Waals surface area contributed by atoms with Crippen LogP contribution in [0.5, 0.6) is 0 Å². The molecule has 1 fully saturated rings. The fraction of sp³-hybridized carbons (Fsp3) is 0.333. The van der Waals surface area contributed by atoms with Gasteiger partial charge in [0.2, 0.25) is 5.91 Å². The monoisotopic (exact) mass is 383 g/mol. The standard InChI is InChI=1S/C21H22ClN3O2/c1-24(14-15-5-4-6-17(22)13-15)20(26)16-9-11-25(12-10-16)21-23-18-7-2-3-8-19(18)27-21/h2-8,13,16H,9-12,14H2,1H3. The zero-order valence-electron chi connectivity index (χ0n) is 15.3. The summed E-state index contributed by atoms with van der Waals surface area (Å²) in [6.07, 6.45) is 1.61. The van der Waals surface area contributed by atoms with Crippen LogP contribution in [-0.4, -0.2) is 35.9 Å². The Kier molecular flexibility index (Phi) is 5.03. The van der Waals surface area contributed by atoms with E-state index in [1.807, 2.05) is 55.6 Å². The van der Waals surface area contributed by atoms with Crippen LogP contribution < -0.4 is 4.90 Å². The van der Waals surface area contributed by atoms with E-state index in [4.69, 9.17) is 16.0 Å². The van der Waals surface area contributed by atoms with E-state index in [1.165, 1.54) is 0 Å². The van der Waals surface area contributed by atoms with Crippen molar-refractivity contribution >= 4 is 34.6 Å². The van der Waals surface area contributed by atoms with Crippen molar-refractivity contribution in [3.63, 3.8) is 0 Å². The molecule has 1 aliphatic rings. The molecule has 2 heterocycles. The highest BCUT2D eigenvalue weighted by atomic mass is 35.5. The summed E-state index contributed by atoms with van der Waals surface area (Å²) in [6, 6.07) is 16.1. The molecule has 0 atom stereocenters. The predicted octanol–water partition coefficient (Wildman–Crippen LogP) is 4.36. The lowest BCUT2D eigenvalue weighted by atomic mass is 9.95. The largest absolute Gasteiger partial charge is 0.423 e. The van der Waals surface area contributed by atoms with Crippen molar-refractivity contribution in [1.29, 1.82) is 0 Å². The maximum atomic E-state index is 12.8. The van der Waals surface area contributed by atoms with Gasteiger partial charge in [-0.1, -0.05) is 35.9 Å². The first-order valence-corrected chi connectivity index (χ1v) is 9.58. The summed E-state index contributed by atoms with van der Waals surface area (Å²) in [5, 5.41) is 0.694. The third-order valence-electron chi connectivity index (χ3n) is 5.08. The summed E-state index contributed by atoms with van der Waals surface area (Å²) in [6.45, 7) is 2.12. The van der Waals surface area contributed by atoms with Gasteiger partial charge in [-0.05, 0) is 42.7 Å². The fourth-order valence-corrected chi connectivity index (χ4v) is 3.82. The van der Waals surface area contributed by atoms with E-state index >= 15 is 0 Å². The van der Waals surface area contributed by atoms with E-state index in [0.717, 1.165) is 42.6 Å². The fourth-order valence-electron chi connectivity index (χ4n) is 3.61. The Morgan fingerprint density at radius 1 is 1.22 bits per heavy atom. The summed E-state index contributed by atoms with van der Waals surface area (Å²) in [5.41, 5.74) is 2.71. The van der Waals surface area contributed by atoms with Gasteiger partial charge in [-0.3, -0.25) is 4.79 Å². The van der Waals surface area contributed by atoms with Gasteiger partial charge in [0.25, 0.3) is 6.01 Å². The maximum absolute atomic E-state index is 12.8. The second kappa shape index (κ2) is 7.61. The number of hydrogen-bond donors (Lipinski definition) is 0. The lowest BCUT2D eigenvalue weighted by Gasteiger charge is -2.32. The summed E-state index contributed by atoms with van der Waals surface area (Å²) in [5.74, 6) is 0.224. The van der Waals surface area contributed by atoms with Gasteiger partial charge in [-0.2, -0.15) is 4.98 Å². The highest BCUT2D eigenvalue weighted by Gasteiger charge is 2.29. The Bertz CT molecular complexity index is 914. The van der Waals surface area contributed by atoms with Gasteiger partial charge in [0.15, 0.2) is 5.58 Å². The summed E-state index contributed by atoms with van der Waals surface area (Å²) in [7, 11) is 1.86. The first-order valence-electron chi connectivity index (χ1n) is 9.20. The average Bonchev–Trinajstić information content (AvgIpc) is 3.12. The number of rotatable bonds is 4. The summed E-state index contributed by atoms with van der Waals surface area (Å²) >= 11 is 6.04. The van der Waals surface area contributed by atoms with Gasteiger partial charge >= 0.3 is 0 Å². The second-order valence-corrected chi connectivity index (χ2v) is 7.49. The van der Waals surface area contributed by atoms with Gasteiger partial charge < -0.3 is 14.2 Å². The zero-order chi connectivity index (χ0) is 18.8. The SMILES string of the molecule is CN(Cc1cccc(Cl)c1)C(=O)C1CCN(c2nc3ccccc3o2)CC1. The number of fused-ring (bicyclic) bond motifs is 1. The lowest BCUT2D eigenvalue weighted by molar-refractivity contribution is -0.135. The molecule has 3 aromatic rings. The highest BCUT2D eigenvalue weighted by molar-refractivity contribution is 6.30. The van der Waals surface area contributed by atoms with Crippen LogP contribution in [0.3, 0.4) is 0 Å². The number of anilines is 1. The van der Waals surface area contributed by atoms with Crippen LogP contribution in [0.2, 0.25) is 5.02 Å². The van der Waals surface area contributed by atoms with Gasteiger partial charge in [-0.15, -0.1) is 0 Å². The van der Waals surface area contributed by atoms with Crippen molar-refractivity contribution in [3.8, 4) is 0 Å². The van der Waals surface area contributed by atoms with Gasteiger partial charge in [-0.25, -0.2) is 0 Å². The van der Waals surface area contributed by atoms with Crippen LogP contribution in [0.25, 0.3) is 11.1 Å². The van der Waals surface area contributed by atoms with E-state index in [2.05, 4.69) is 9.88 Å². The summed E-state index contributed by atoms with van der Waals surface area (Å²) < 4.78 is 5.85. The first kappa shape index (κ1) is 17.9. The molecule has 6 heteroatoms. The molecule has 0 spiro atoms. The number of aromatic nitrogens is 1. The van der Waals surface area contributed by atoms with Gasteiger partial charge in [0.05, 0.1) is 0 Å². The molecule has 5 nitrogen and oxygen atoms in total. The van der Waals surface area contributed by atoms with Crippen LogP contribution in [0.1, 0.15) is 18.4 Å². The minimum atomic E-state index is 0.0369. The number of hydrogen-bond acceptors (Lipinski definition) is 4. The molecule has 0 unspecified atom stereocenters. The van der Waals surface area contributed by atoms with E-state index < -0.39 is 0 Å². The number of benzene rings is 2. The first-order chi connectivity index (χ1) is 13.1. The topological polar surface area (TPSA) is 49.6 Å². The van der Waals surface area contributed by atoms with E-state index in [-0.39, 0.29) is 11.8 Å². The van der Waals surface area contributed by atoms with Crippen LogP contribution in [0.4, 0.5) is 6.01 Å². The zero-order valence-corrected chi connectivity index (χ0v) is 16.0. The third kappa shape index (κ3) is 3.93. The molecule has 0 aliphatic carbocycles.